The van der Waals surface area contributed by atoms with E-state index in [0.717, 1.165) is 11.2 Å². The molecule has 0 aliphatic heterocycles. The number of fused-ring (bicyclic) bond motifs is 1. The lowest BCUT2D eigenvalue weighted by atomic mass is 10.1. The second kappa shape index (κ2) is 10.7. The molecule has 8 nitrogen and oxygen atoms in total. The Labute approximate surface area is 220 Å². The minimum Gasteiger partial charge on any atom is -0.619 e. The van der Waals surface area contributed by atoms with Gasteiger partial charge in [-0.3, -0.25) is 9.36 Å². The van der Waals surface area contributed by atoms with Gasteiger partial charge in [-0.15, -0.1) is 13.2 Å². The van der Waals surface area contributed by atoms with Gasteiger partial charge in [0.05, 0.1) is 11.0 Å². The number of rotatable bonds is 8. The Morgan fingerprint density at radius 3 is 2.44 bits per heavy atom. The monoisotopic (exact) mass is 534 g/mol. The van der Waals surface area contributed by atoms with Gasteiger partial charge >= 0.3 is 6.36 Å². The fraction of sp³-hybridized carbons (Fsp3) is 0.107. The molecule has 5 aromatic rings. The van der Waals surface area contributed by atoms with Crippen LogP contribution in [0, 0.1) is 5.21 Å². The van der Waals surface area contributed by atoms with Crippen LogP contribution in [-0.2, 0) is 13.2 Å². The molecule has 1 N–H and O–H groups in total. The molecule has 5 rings (SSSR count). The Hall–Kier alpha value is -5.06. The molecule has 0 saturated heterocycles. The third-order valence-electron chi connectivity index (χ3n) is 5.78. The van der Waals surface area contributed by atoms with Crippen LogP contribution in [-0.4, -0.2) is 21.8 Å². The van der Waals surface area contributed by atoms with Gasteiger partial charge in [0, 0.05) is 29.4 Å². The van der Waals surface area contributed by atoms with E-state index in [4.69, 9.17) is 4.74 Å². The maximum Gasteiger partial charge on any atom is 0.573 e. The van der Waals surface area contributed by atoms with E-state index in [1.165, 1.54) is 36.7 Å². The minimum atomic E-state index is -4.73. The molecule has 0 unspecified atom stereocenters. The zero-order valence-electron chi connectivity index (χ0n) is 20.3. The van der Waals surface area contributed by atoms with Crippen molar-refractivity contribution in [3.63, 3.8) is 0 Å². The van der Waals surface area contributed by atoms with Crippen LogP contribution < -0.4 is 19.5 Å². The molecular formula is C28H21F3N4O4. The van der Waals surface area contributed by atoms with Crippen LogP contribution in [0.15, 0.2) is 97.6 Å². The van der Waals surface area contributed by atoms with Crippen LogP contribution in [0.25, 0.3) is 16.7 Å². The Morgan fingerprint density at radius 2 is 1.72 bits per heavy atom. The predicted octanol–water partition coefficient (Wildman–Crippen LogP) is 5.07. The summed E-state index contributed by atoms with van der Waals surface area (Å²) in [7, 11) is 0. The summed E-state index contributed by atoms with van der Waals surface area (Å²) in [4.78, 5) is 17.0. The number of pyridine rings is 1. The SMILES string of the molecule is O=C(NCc1ccc[n+]([O-])c1)c1ccc2c(c1)ncn2-c1ccc(OCc2ccc(OC(F)(F)F)cc2)cc1. The standard InChI is InChI=1S/C28H21F3N4O4/c29-28(30,31)39-24-8-3-19(4-9-24)17-38-23-10-6-22(7-11-23)35-18-33-25-14-21(5-12-26(25)35)27(36)32-15-20-2-1-13-34(37)16-20/h1-14,16,18H,15,17H2,(H,32,36). The van der Waals surface area contributed by atoms with Crippen molar-refractivity contribution in [1.82, 2.24) is 14.9 Å². The van der Waals surface area contributed by atoms with Gasteiger partial charge in [0.25, 0.3) is 5.91 Å². The summed E-state index contributed by atoms with van der Waals surface area (Å²) in [6, 6.07) is 21.3. The number of halogens is 3. The summed E-state index contributed by atoms with van der Waals surface area (Å²) >= 11 is 0. The molecule has 2 aromatic heterocycles. The quantitative estimate of drug-likeness (QED) is 0.222. The molecule has 3 aromatic carbocycles. The topological polar surface area (TPSA) is 92.3 Å². The normalized spacial score (nSPS) is 11.4. The fourth-order valence-corrected chi connectivity index (χ4v) is 3.91. The molecule has 0 aliphatic carbocycles. The number of amides is 1. The molecule has 0 spiro atoms. The number of nitrogens with one attached hydrogen (secondary N) is 1. The minimum absolute atomic E-state index is 0.172. The predicted molar refractivity (Wildman–Crippen MR) is 135 cm³/mol. The van der Waals surface area contributed by atoms with Crippen molar-refractivity contribution in [2.24, 2.45) is 0 Å². The number of imidazole rings is 1. The fourth-order valence-electron chi connectivity index (χ4n) is 3.91. The molecule has 11 heteroatoms. The molecule has 0 fully saturated rings. The van der Waals surface area contributed by atoms with Crippen LogP contribution in [0.5, 0.6) is 11.5 Å². The first-order valence-corrected chi connectivity index (χ1v) is 11.7. The summed E-state index contributed by atoms with van der Waals surface area (Å²) in [6.45, 7) is 0.395. The van der Waals surface area contributed by atoms with E-state index in [2.05, 4.69) is 15.0 Å². The van der Waals surface area contributed by atoms with Crippen molar-refractivity contribution in [3.8, 4) is 17.2 Å². The van der Waals surface area contributed by atoms with Crippen LogP contribution in [0.2, 0.25) is 0 Å². The smallest absolute Gasteiger partial charge is 0.573 e. The van der Waals surface area contributed by atoms with Crippen LogP contribution in [0.4, 0.5) is 13.2 Å². The van der Waals surface area contributed by atoms with Crippen LogP contribution in [0.1, 0.15) is 21.5 Å². The van der Waals surface area contributed by atoms with E-state index < -0.39 is 6.36 Å². The third kappa shape index (κ3) is 6.45. The van der Waals surface area contributed by atoms with E-state index >= 15 is 0 Å². The molecule has 39 heavy (non-hydrogen) atoms. The van der Waals surface area contributed by atoms with Crippen molar-refractivity contribution >= 4 is 16.9 Å². The summed E-state index contributed by atoms with van der Waals surface area (Å²) < 4.78 is 49.1. The lowest BCUT2D eigenvalue weighted by Gasteiger charge is -2.11. The molecule has 1 amide bonds. The summed E-state index contributed by atoms with van der Waals surface area (Å²) in [5.74, 6) is 0.0108. The number of carbonyl (C=O) groups excluding carboxylic acids is 1. The number of benzene rings is 3. The first kappa shape index (κ1) is 25.6. The zero-order valence-corrected chi connectivity index (χ0v) is 20.3. The number of alkyl halides is 3. The van der Waals surface area contributed by atoms with E-state index in [-0.39, 0.29) is 24.8 Å². The molecule has 0 saturated carbocycles. The van der Waals surface area contributed by atoms with Gasteiger partial charge in [0.2, 0.25) is 0 Å². The first-order valence-electron chi connectivity index (χ1n) is 11.7. The lowest BCUT2D eigenvalue weighted by Crippen LogP contribution is -2.28. The summed E-state index contributed by atoms with van der Waals surface area (Å²) in [6.07, 6.45) is -0.303. The molecule has 0 aliphatic rings. The van der Waals surface area contributed by atoms with Gasteiger partial charge in [-0.05, 0) is 66.2 Å². The van der Waals surface area contributed by atoms with Crippen molar-refractivity contribution in [1.29, 1.82) is 0 Å². The molecule has 0 atom stereocenters. The van der Waals surface area contributed by atoms with Crippen molar-refractivity contribution in [3.05, 3.63) is 119 Å². The van der Waals surface area contributed by atoms with Gasteiger partial charge in [-0.2, -0.15) is 4.73 Å². The molecule has 0 radical (unpaired) electrons. The second-order valence-corrected chi connectivity index (χ2v) is 8.55. The van der Waals surface area contributed by atoms with Crippen molar-refractivity contribution in [2.75, 3.05) is 0 Å². The van der Waals surface area contributed by atoms with Crippen LogP contribution >= 0.6 is 0 Å². The number of hydrogen-bond acceptors (Lipinski definition) is 5. The van der Waals surface area contributed by atoms with Crippen molar-refractivity contribution in [2.45, 2.75) is 19.5 Å². The number of hydrogen-bond donors (Lipinski definition) is 1. The summed E-state index contributed by atoms with van der Waals surface area (Å²) in [5, 5.41) is 14.2. The Kier molecular flexibility index (Phi) is 7.04. The number of nitrogens with zero attached hydrogens (tertiary/aromatic N) is 3. The number of ether oxygens (including phenoxy) is 2. The summed E-state index contributed by atoms with van der Waals surface area (Å²) in [5.41, 5.74) is 4.08. The van der Waals surface area contributed by atoms with E-state index in [1.54, 1.807) is 42.7 Å². The highest BCUT2D eigenvalue weighted by Crippen LogP contribution is 2.24. The molecule has 2 heterocycles. The maximum absolute atomic E-state index is 12.6. The number of carbonyl (C=O) groups is 1. The Morgan fingerprint density at radius 1 is 0.974 bits per heavy atom. The first-order chi connectivity index (χ1) is 18.7. The van der Waals surface area contributed by atoms with E-state index in [9.17, 15) is 23.2 Å². The zero-order chi connectivity index (χ0) is 27.4. The third-order valence-corrected chi connectivity index (χ3v) is 5.78. The average Bonchev–Trinajstić information content (AvgIpc) is 3.34. The molecular weight excluding hydrogens is 513 g/mol. The van der Waals surface area contributed by atoms with Crippen LogP contribution in [0.3, 0.4) is 0 Å². The highest BCUT2D eigenvalue weighted by Gasteiger charge is 2.30. The van der Waals surface area contributed by atoms with E-state index in [1.807, 2.05) is 22.8 Å². The van der Waals surface area contributed by atoms with Gasteiger partial charge < -0.3 is 20.0 Å². The van der Waals surface area contributed by atoms with Gasteiger partial charge in [0.15, 0.2) is 12.4 Å². The highest BCUT2D eigenvalue weighted by molar-refractivity contribution is 5.97. The van der Waals surface area contributed by atoms with E-state index in [0.29, 0.717) is 32.7 Å². The lowest BCUT2D eigenvalue weighted by molar-refractivity contribution is -0.605. The number of aromatic nitrogens is 3. The van der Waals surface area contributed by atoms with Gasteiger partial charge in [-0.25, -0.2) is 4.98 Å². The van der Waals surface area contributed by atoms with Gasteiger partial charge in [-0.1, -0.05) is 12.1 Å². The average molecular weight is 534 g/mol. The largest absolute Gasteiger partial charge is 0.619 e. The Bertz CT molecular complexity index is 1600. The van der Waals surface area contributed by atoms with Crippen molar-refractivity contribution < 1.29 is 32.2 Å². The molecule has 0 bridgehead atoms. The molecule has 198 valence electrons. The Balaban J connectivity index is 1.21. The highest BCUT2D eigenvalue weighted by atomic mass is 19.4. The maximum atomic E-state index is 12.6. The second-order valence-electron chi connectivity index (χ2n) is 8.55. The van der Waals surface area contributed by atoms with Gasteiger partial charge in [0.1, 0.15) is 24.4 Å².